The van der Waals surface area contributed by atoms with Gasteiger partial charge < -0.3 is 4.74 Å². The van der Waals surface area contributed by atoms with Gasteiger partial charge in [-0.3, -0.25) is 0 Å². The van der Waals surface area contributed by atoms with Crippen LogP contribution in [0.5, 0.6) is 5.75 Å². The van der Waals surface area contributed by atoms with Crippen molar-refractivity contribution in [1.29, 1.82) is 0 Å². The minimum Gasteiger partial charge on any atom is -0.429 e. The Balaban J connectivity index is 1.62. The van der Waals surface area contributed by atoms with Gasteiger partial charge in [0.15, 0.2) is 29.1 Å². The zero-order chi connectivity index (χ0) is 27.9. The predicted octanol–water partition coefficient (Wildman–Crippen LogP) is 9.37. The van der Waals surface area contributed by atoms with Crippen LogP contribution in [0, 0.1) is 40.8 Å². The van der Waals surface area contributed by atoms with Gasteiger partial charge in [-0.25, -0.2) is 35.1 Å². The molecule has 0 radical (unpaired) electrons. The van der Waals surface area contributed by atoms with Gasteiger partial charge in [0.2, 0.25) is 0 Å². The number of benzene rings is 3. The van der Waals surface area contributed by atoms with Gasteiger partial charge >= 0.3 is 6.11 Å². The highest BCUT2D eigenvalue weighted by atomic mass is 19.3. The Hall–Kier alpha value is -3.50. The van der Waals surface area contributed by atoms with E-state index in [9.17, 15) is 43.9 Å². The molecule has 3 aromatic carbocycles. The Bertz CT molecular complexity index is 1390. The topological polar surface area (TPSA) is 9.23 Å². The first-order valence-electron chi connectivity index (χ1n) is 11.4. The van der Waals surface area contributed by atoms with E-state index in [4.69, 9.17) is 0 Å². The van der Waals surface area contributed by atoms with Crippen LogP contribution < -0.4 is 4.74 Å². The molecule has 2 atom stereocenters. The molecule has 11 heteroatoms. The molecule has 0 fully saturated rings. The number of rotatable bonds is 6. The number of hydrogen-bond acceptors (Lipinski definition) is 1. The van der Waals surface area contributed by atoms with Gasteiger partial charge in [-0.05, 0) is 55.2 Å². The van der Waals surface area contributed by atoms with Crippen LogP contribution in [0.3, 0.4) is 0 Å². The molecule has 0 spiro atoms. The lowest BCUT2D eigenvalue weighted by Gasteiger charge is -2.27. The van der Waals surface area contributed by atoms with E-state index >= 15 is 0 Å². The third-order valence-electron chi connectivity index (χ3n) is 6.47. The number of halogens is 10. The molecular weight excluding hydrogens is 530 g/mol. The molecule has 0 heterocycles. The standard InChI is InChI=1S/C27H18F10O/c1-2-12-3-5-16(23(32)22(12)31)17-7-8-18(25(34)24(17)33)27(36,37)38-14-4-6-15(19(28)11-14)13-9-20(29)26(35)21(30)10-13/h4,6-12,16H,2-3,5H2,1H3. The minimum absolute atomic E-state index is 0.0617. The van der Waals surface area contributed by atoms with E-state index in [0.717, 1.165) is 12.1 Å². The highest BCUT2D eigenvalue weighted by molar-refractivity contribution is 5.65. The smallest absolute Gasteiger partial charge is 0.429 e. The van der Waals surface area contributed by atoms with E-state index in [2.05, 4.69) is 4.74 Å². The third-order valence-corrected chi connectivity index (χ3v) is 6.47. The lowest BCUT2D eigenvalue weighted by atomic mass is 9.81. The number of ether oxygens (including phenoxy) is 1. The first-order valence-corrected chi connectivity index (χ1v) is 11.4. The molecule has 2 unspecified atom stereocenters. The average Bonchev–Trinajstić information content (AvgIpc) is 2.85. The fraction of sp³-hybridized carbons (Fsp3) is 0.259. The summed E-state index contributed by atoms with van der Waals surface area (Å²) in [6.07, 6.45) is -4.16. The highest BCUT2D eigenvalue weighted by Crippen LogP contribution is 2.45. The molecule has 4 rings (SSSR count). The first kappa shape index (κ1) is 27.5. The normalized spacial score (nSPS) is 18.2. The average molecular weight is 548 g/mol. The van der Waals surface area contributed by atoms with Crippen LogP contribution in [0.15, 0.2) is 54.1 Å². The monoisotopic (exact) mass is 548 g/mol. The molecule has 1 aliphatic rings. The summed E-state index contributed by atoms with van der Waals surface area (Å²) in [6, 6.07) is 4.12. The van der Waals surface area contributed by atoms with Crippen LogP contribution in [0.4, 0.5) is 43.9 Å². The summed E-state index contributed by atoms with van der Waals surface area (Å²) < 4.78 is 147. The van der Waals surface area contributed by atoms with Crippen molar-refractivity contribution in [1.82, 2.24) is 0 Å². The maximum absolute atomic E-state index is 14.8. The van der Waals surface area contributed by atoms with Crippen molar-refractivity contribution in [3.05, 3.63) is 100 Å². The second kappa shape index (κ2) is 10.3. The van der Waals surface area contributed by atoms with E-state index in [1.807, 2.05) is 0 Å². The molecule has 0 saturated carbocycles. The zero-order valence-electron chi connectivity index (χ0n) is 19.5. The second-order valence-electron chi connectivity index (χ2n) is 8.78. The van der Waals surface area contributed by atoms with E-state index < -0.39 is 92.5 Å². The van der Waals surface area contributed by atoms with Crippen LogP contribution in [0.25, 0.3) is 11.1 Å². The van der Waals surface area contributed by atoms with Crippen molar-refractivity contribution in [2.45, 2.75) is 38.2 Å². The van der Waals surface area contributed by atoms with Crippen molar-refractivity contribution < 1.29 is 48.6 Å². The van der Waals surface area contributed by atoms with Crippen molar-refractivity contribution in [2.75, 3.05) is 0 Å². The molecule has 0 bridgehead atoms. The van der Waals surface area contributed by atoms with Crippen molar-refractivity contribution in [3.63, 3.8) is 0 Å². The third kappa shape index (κ3) is 4.98. The molecule has 0 amide bonds. The second-order valence-corrected chi connectivity index (χ2v) is 8.78. The molecular formula is C27H18F10O. The van der Waals surface area contributed by atoms with Crippen LogP contribution in [0.2, 0.25) is 0 Å². The van der Waals surface area contributed by atoms with Crippen molar-refractivity contribution in [3.8, 4) is 16.9 Å². The van der Waals surface area contributed by atoms with Gasteiger partial charge in [0.1, 0.15) is 28.8 Å². The van der Waals surface area contributed by atoms with E-state index in [0.29, 0.717) is 36.8 Å². The van der Waals surface area contributed by atoms with E-state index in [1.165, 1.54) is 0 Å². The quantitative estimate of drug-likeness (QED) is 0.220. The van der Waals surface area contributed by atoms with Gasteiger partial charge in [0.25, 0.3) is 0 Å². The van der Waals surface area contributed by atoms with Gasteiger partial charge in [-0.1, -0.05) is 13.0 Å². The van der Waals surface area contributed by atoms with Crippen molar-refractivity contribution >= 4 is 0 Å². The summed E-state index contributed by atoms with van der Waals surface area (Å²) in [4.78, 5) is 0. The van der Waals surface area contributed by atoms with Crippen LogP contribution >= 0.6 is 0 Å². The van der Waals surface area contributed by atoms with E-state index in [1.54, 1.807) is 6.92 Å². The molecule has 1 nitrogen and oxygen atoms in total. The van der Waals surface area contributed by atoms with Gasteiger partial charge in [0, 0.05) is 29.0 Å². The highest BCUT2D eigenvalue weighted by Gasteiger charge is 2.41. The lowest BCUT2D eigenvalue weighted by molar-refractivity contribution is -0.187. The lowest BCUT2D eigenvalue weighted by Crippen LogP contribution is -2.25. The largest absolute Gasteiger partial charge is 0.429 e. The summed E-state index contributed by atoms with van der Waals surface area (Å²) in [5, 5.41) is 0. The van der Waals surface area contributed by atoms with Gasteiger partial charge in [-0.2, -0.15) is 8.78 Å². The molecule has 38 heavy (non-hydrogen) atoms. The number of allylic oxidation sites excluding steroid dienone is 2. The summed E-state index contributed by atoms with van der Waals surface area (Å²) in [6.45, 7) is 1.64. The molecule has 0 N–H and O–H groups in total. The number of alkyl halides is 2. The van der Waals surface area contributed by atoms with Crippen molar-refractivity contribution in [2.24, 2.45) is 5.92 Å². The zero-order valence-corrected chi connectivity index (χ0v) is 19.5. The summed E-state index contributed by atoms with van der Waals surface area (Å²) >= 11 is 0. The Morgan fingerprint density at radius 2 is 1.39 bits per heavy atom. The Morgan fingerprint density at radius 1 is 0.737 bits per heavy atom. The molecule has 0 aliphatic heterocycles. The molecule has 202 valence electrons. The SMILES string of the molecule is CCC1CCC(c2ccc(C(F)(F)Oc3ccc(-c4cc(F)c(F)c(F)c4)c(F)c3)c(F)c2F)C(F)=C1F. The first-order chi connectivity index (χ1) is 17.9. The molecule has 0 saturated heterocycles. The maximum Gasteiger partial charge on any atom is 0.429 e. The summed E-state index contributed by atoms with van der Waals surface area (Å²) in [7, 11) is 0. The van der Waals surface area contributed by atoms with Crippen LogP contribution in [0.1, 0.15) is 43.2 Å². The van der Waals surface area contributed by atoms with Crippen LogP contribution in [-0.2, 0) is 6.11 Å². The Kier molecular flexibility index (Phi) is 7.49. The maximum atomic E-state index is 14.8. The molecule has 1 aliphatic carbocycles. The fourth-order valence-electron chi connectivity index (χ4n) is 4.42. The summed E-state index contributed by atoms with van der Waals surface area (Å²) in [5.41, 5.74) is -3.15. The summed E-state index contributed by atoms with van der Waals surface area (Å²) in [5.74, 6) is -15.6. The van der Waals surface area contributed by atoms with Gasteiger partial charge in [0.05, 0.1) is 0 Å². The van der Waals surface area contributed by atoms with Crippen LogP contribution in [-0.4, -0.2) is 0 Å². The molecule has 3 aromatic rings. The Morgan fingerprint density at radius 3 is 2.00 bits per heavy atom. The minimum atomic E-state index is -4.55. The number of hydrogen-bond donors (Lipinski definition) is 0. The molecule has 0 aromatic heterocycles. The predicted molar refractivity (Wildman–Crippen MR) is 118 cm³/mol. The Labute approximate surface area is 210 Å². The fourth-order valence-corrected chi connectivity index (χ4v) is 4.42. The van der Waals surface area contributed by atoms with Gasteiger partial charge in [-0.15, -0.1) is 0 Å². The van der Waals surface area contributed by atoms with E-state index in [-0.39, 0.29) is 12.8 Å².